The first-order valence-corrected chi connectivity index (χ1v) is 6.26. The molecule has 0 radical (unpaired) electrons. The minimum atomic E-state index is -4.80. The Morgan fingerprint density at radius 2 is 1.78 bits per heavy atom. The number of hydrogen-bond donors (Lipinski definition) is 2. The van der Waals surface area contributed by atoms with Crippen LogP contribution < -0.4 is 10.5 Å². The third-order valence-electron chi connectivity index (χ3n) is 3.03. The minimum Gasteiger partial charge on any atom is -0.508 e. The monoisotopic (exact) mass is 328 g/mol. The summed E-state index contributed by atoms with van der Waals surface area (Å²) < 4.78 is 40.0. The molecule has 9 heteroatoms. The van der Waals surface area contributed by atoms with Crippen molar-refractivity contribution in [2.24, 2.45) is 5.73 Å². The van der Waals surface area contributed by atoms with E-state index in [-0.39, 0.29) is 17.0 Å². The number of halogens is 3. The molecule has 2 rings (SSSR count). The maximum absolute atomic E-state index is 12.1. The van der Waals surface area contributed by atoms with Crippen molar-refractivity contribution in [2.45, 2.75) is 12.4 Å². The third-order valence-corrected chi connectivity index (χ3v) is 3.03. The molecule has 6 nitrogen and oxygen atoms in total. The van der Waals surface area contributed by atoms with Crippen LogP contribution in [0.25, 0.3) is 0 Å². The number of non-ortho nitro benzene ring substituents is 1. The summed E-state index contributed by atoms with van der Waals surface area (Å²) in [5, 5.41) is 20.5. The lowest BCUT2D eigenvalue weighted by Crippen LogP contribution is -2.17. The van der Waals surface area contributed by atoms with Crippen LogP contribution in [0.4, 0.5) is 18.9 Å². The molecule has 0 saturated carbocycles. The first-order valence-electron chi connectivity index (χ1n) is 6.26. The van der Waals surface area contributed by atoms with E-state index < -0.39 is 23.1 Å². The Morgan fingerprint density at radius 1 is 1.17 bits per heavy atom. The molecule has 122 valence electrons. The normalized spacial score (nSPS) is 12.7. The van der Waals surface area contributed by atoms with Crippen LogP contribution in [-0.2, 0) is 0 Å². The summed E-state index contributed by atoms with van der Waals surface area (Å²) >= 11 is 0. The van der Waals surface area contributed by atoms with Crippen LogP contribution in [0.1, 0.15) is 17.2 Å². The number of nitro benzene ring substituents is 1. The SMILES string of the molecule is N[C@@H](c1ccc(OC(F)(F)F)cc1)c1cc([N+](=O)[O-])ccc1O. The molecule has 0 fully saturated rings. The fourth-order valence-corrected chi connectivity index (χ4v) is 1.96. The van der Waals surface area contributed by atoms with Gasteiger partial charge in [0.25, 0.3) is 5.69 Å². The van der Waals surface area contributed by atoms with Crippen LogP contribution in [-0.4, -0.2) is 16.4 Å². The number of phenols is 1. The Morgan fingerprint density at radius 3 is 2.30 bits per heavy atom. The Labute approximate surface area is 128 Å². The van der Waals surface area contributed by atoms with E-state index in [0.29, 0.717) is 5.56 Å². The second-order valence-electron chi connectivity index (χ2n) is 4.59. The molecular weight excluding hydrogens is 317 g/mol. The second-order valence-corrected chi connectivity index (χ2v) is 4.59. The number of aromatic hydroxyl groups is 1. The van der Waals surface area contributed by atoms with Crippen molar-refractivity contribution in [1.82, 2.24) is 0 Å². The van der Waals surface area contributed by atoms with Crippen LogP contribution in [0.15, 0.2) is 42.5 Å². The van der Waals surface area contributed by atoms with Crippen molar-refractivity contribution in [2.75, 3.05) is 0 Å². The molecule has 0 unspecified atom stereocenters. The highest BCUT2D eigenvalue weighted by Crippen LogP contribution is 2.32. The van der Waals surface area contributed by atoms with Gasteiger partial charge in [-0.1, -0.05) is 12.1 Å². The van der Waals surface area contributed by atoms with Gasteiger partial charge in [-0.2, -0.15) is 0 Å². The Bertz CT molecular complexity index is 717. The zero-order chi connectivity index (χ0) is 17.2. The number of nitrogens with two attached hydrogens (primary N) is 1. The van der Waals surface area contributed by atoms with Gasteiger partial charge < -0.3 is 15.6 Å². The molecule has 3 N–H and O–H groups in total. The van der Waals surface area contributed by atoms with Gasteiger partial charge in [-0.25, -0.2) is 0 Å². The largest absolute Gasteiger partial charge is 0.573 e. The molecule has 0 amide bonds. The van der Waals surface area contributed by atoms with Crippen molar-refractivity contribution in [3.63, 3.8) is 0 Å². The summed E-state index contributed by atoms with van der Waals surface area (Å²) in [6.45, 7) is 0. The van der Waals surface area contributed by atoms with Crippen LogP contribution in [0.5, 0.6) is 11.5 Å². The molecule has 0 aliphatic heterocycles. The Kier molecular flexibility index (Phi) is 4.41. The molecule has 0 spiro atoms. The van der Waals surface area contributed by atoms with E-state index in [9.17, 15) is 28.4 Å². The molecule has 2 aromatic carbocycles. The Hall–Kier alpha value is -2.81. The van der Waals surface area contributed by atoms with Gasteiger partial charge in [-0.3, -0.25) is 10.1 Å². The van der Waals surface area contributed by atoms with E-state index in [2.05, 4.69) is 4.74 Å². The predicted molar refractivity (Wildman–Crippen MR) is 73.9 cm³/mol. The molecule has 1 atom stereocenters. The van der Waals surface area contributed by atoms with Gasteiger partial charge in [0, 0.05) is 17.7 Å². The number of hydrogen-bond acceptors (Lipinski definition) is 5. The van der Waals surface area contributed by atoms with Crippen LogP contribution in [0.2, 0.25) is 0 Å². The van der Waals surface area contributed by atoms with E-state index in [1.807, 2.05) is 0 Å². The average molecular weight is 328 g/mol. The fourth-order valence-electron chi connectivity index (χ4n) is 1.96. The number of phenolic OH excluding ortho intramolecular Hbond substituents is 1. The molecular formula is C14H11F3N2O4. The molecule has 0 saturated heterocycles. The summed E-state index contributed by atoms with van der Waals surface area (Å²) in [6, 6.07) is 7.11. The minimum absolute atomic E-state index is 0.0867. The predicted octanol–water partition coefficient (Wildman–Crippen LogP) is 3.25. The smallest absolute Gasteiger partial charge is 0.508 e. The van der Waals surface area contributed by atoms with E-state index >= 15 is 0 Å². The third kappa shape index (κ3) is 4.10. The lowest BCUT2D eigenvalue weighted by Gasteiger charge is -2.15. The highest BCUT2D eigenvalue weighted by atomic mass is 19.4. The van der Waals surface area contributed by atoms with Gasteiger partial charge in [-0.05, 0) is 23.8 Å². The van der Waals surface area contributed by atoms with Gasteiger partial charge in [-0.15, -0.1) is 13.2 Å². The molecule has 23 heavy (non-hydrogen) atoms. The summed E-state index contributed by atoms with van der Waals surface area (Å²) in [6.07, 6.45) is -4.80. The summed E-state index contributed by atoms with van der Waals surface area (Å²) in [7, 11) is 0. The number of benzene rings is 2. The molecule has 0 heterocycles. The zero-order valence-corrected chi connectivity index (χ0v) is 11.4. The molecule has 0 aromatic heterocycles. The van der Waals surface area contributed by atoms with Gasteiger partial charge >= 0.3 is 6.36 Å². The standard InChI is InChI=1S/C14H11F3N2O4/c15-14(16,17)23-10-4-1-8(2-5-10)13(18)11-7-9(19(21)22)3-6-12(11)20/h1-7,13,20H,18H2/t13-/m0/s1. The lowest BCUT2D eigenvalue weighted by atomic mass is 9.98. The fraction of sp³-hybridized carbons (Fsp3) is 0.143. The van der Waals surface area contributed by atoms with Crippen LogP contribution in [0, 0.1) is 10.1 Å². The number of nitrogens with zero attached hydrogens (tertiary/aromatic N) is 1. The first-order chi connectivity index (χ1) is 10.7. The van der Waals surface area contributed by atoms with Crippen molar-refractivity contribution >= 4 is 5.69 Å². The number of ether oxygens (including phenoxy) is 1. The molecule has 0 aliphatic rings. The van der Waals surface area contributed by atoms with E-state index in [1.54, 1.807) is 0 Å². The van der Waals surface area contributed by atoms with Gasteiger partial charge in [0.05, 0.1) is 11.0 Å². The van der Waals surface area contributed by atoms with Gasteiger partial charge in [0.1, 0.15) is 11.5 Å². The van der Waals surface area contributed by atoms with Gasteiger partial charge in [0.2, 0.25) is 0 Å². The van der Waals surface area contributed by atoms with Crippen molar-refractivity contribution in [3.05, 3.63) is 63.7 Å². The highest BCUT2D eigenvalue weighted by molar-refractivity contribution is 5.48. The Balaban J connectivity index is 2.28. The van der Waals surface area contributed by atoms with Crippen molar-refractivity contribution in [1.29, 1.82) is 0 Å². The van der Waals surface area contributed by atoms with Crippen molar-refractivity contribution in [3.8, 4) is 11.5 Å². The topological polar surface area (TPSA) is 98.6 Å². The average Bonchev–Trinajstić information content (AvgIpc) is 2.46. The van der Waals surface area contributed by atoms with Crippen LogP contribution in [0.3, 0.4) is 0 Å². The zero-order valence-electron chi connectivity index (χ0n) is 11.4. The second kappa shape index (κ2) is 6.13. The molecule has 0 aliphatic carbocycles. The van der Waals surface area contributed by atoms with E-state index in [0.717, 1.165) is 30.3 Å². The summed E-state index contributed by atoms with van der Waals surface area (Å²) in [5.41, 5.74) is 6.10. The maximum Gasteiger partial charge on any atom is 0.573 e. The summed E-state index contributed by atoms with van der Waals surface area (Å²) in [4.78, 5) is 10.1. The van der Waals surface area contributed by atoms with E-state index in [4.69, 9.17) is 5.73 Å². The molecule has 0 bridgehead atoms. The number of rotatable bonds is 4. The number of nitro groups is 1. The lowest BCUT2D eigenvalue weighted by molar-refractivity contribution is -0.385. The summed E-state index contributed by atoms with van der Waals surface area (Å²) in [5.74, 6) is -0.671. The van der Waals surface area contributed by atoms with Crippen molar-refractivity contribution < 1.29 is 27.9 Å². The highest BCUT2D eigenvalue weighted by Gasteiger charge is 2.31. The maximum atomic E-state index is 12.1. The van der Waals surface area contributed by atoms with E-state index in [1.165, 1.54) is 12.1 Å². The molecule has 2 aromatic rings. The number of alkyl halides is 3. The van der Waals surface area contributed by atoms with Gasteiger partial charge in [0.15, 0.2) is 0 Å². The van der Waals surface area contributed by atoms with Crippen LogP contribution >= 0.6 is 0 Å². The first kappa shape index (κ1) is 16.6. The quantitative estimate of drug-likeness (QED) is 0.663.